The van der Waals surface area contributed by atoms with Gasteiger partial charge in [0.25, 0.3) is 0 Å². The van der Waals surface area contributed by atoms with E-state index in [9.17, 15) is 9.59 Å². The molecule has 1 fully saturated rings. The van der Waals surface area contributed by atoms with Crippen LogP contribution in [0.25, 0.3) is 0 Å². The van der Waals surface area contributed by atoms with Gasteiger partial charge in [0.05, 0.1) is 12.6 Å². The molecule has 1 aliphatic carbocycles. The highest BCUT2D eigenvalue weighted by Gasteiger charge is 2.46. The van der Waals surface area contributed by atoms with Crippen molar-refractivity contribution >= 4 is 34.8 Å². The minimum absolute atomic E-state index is 0.0190. The number of hydrogen-bond acceptors (Lipinski definition) is 4. The standard InChI is InChI=1S/C29H31ClN2O3S/c1-35-16-5-14-31(29(34)25-18-24(25)20-6-3-2-4-7-20)19-27(33)32-15-12-26-23(13-17-36-26)28(32)21-8-10-22(30)11-9-21/h2-4,6-11,13,17,24-25,28H,5,12,14-16,18-19H2,1H3. The maximum absolute atomic E-state index is 13.8. The molecule has 2 heterocycles. The summed E-state index contributed by atoms with van der Waals surface area (Å²) in [6.45, 7) is 1.79. The van der Waals surface area contributed by atoms with E-state index in [0.717, 1.165) is 18.4 Å². The first-order valence-electron chi connectivity index (χ1n) is 12.5. The quantitative estimate of drug-likeness (QED) is 0.346. The fraction of sp³-hybridized carbons (Fsp3) is 0.379. The van der Waals surface area contributed by atoms with Gasteiger partial charge in [0.2, 0.25) is 11.8 Å². The molecule has 2 aliphatic rings. The Kier molecular flexibility index (Phi) is 7.75. The van der Waals surface area contributed by atoms with Gasteiger partial charge in [0.1, 0.15) is 0 Å². The normalized spacial score (nSPS) is 20.6. The molecular weight excluding hydrogens is 492 g/mol. The molecule has 5 nitrogen and oxygen atoms in total. The first-order valence-corrected chi connectivity index (χ1v) is 13.8. The molecule has 0 bridgehead atoms. The highest BCUT2D eigenvalue weighted by atomic mass is 35.5. The highest BCUT2D eigenvalue weighted by molar-refractivity contribution is 7.10. The molecule has 2 aromatic carbocycles. The molecule has 0 saturated heterocycles. The first-order chi connectivity index (χ1) is 17.6. The van der Waals surface area contributed by atoms with Gasteiger partial charge in [-0.2, -0.15) is 0 Å². The summed E-state index contributed by atoms with van der Waals surface area (Å²) >= 11 is 7.89. The monoisotopic (exact) mass is 522 g/mol. The average molecular weight is 523 g/mol. The van der Waals surface area contributed by atoms with Gasteiger partial charge in [-0.05, 0) is 65.4 Å². The van der Waals surface area contributed by atoms with Crippen molar-refractivity contribution in [1.29, 1.82) is 0 Å². The number of thiophene rings is 1. The minimum Gasteiger partial charge on any atom is -0.385 e. The van der Waals surface area contributed by atoms with Crippen molar-refractivity contribution in [3.05, 3.63) is 92.6 Å². The van der Waals surface area contributed by atoms with Crippen molar-refractivity contribution in [1.82, 2.24) is 9.80 Å². The van der Waals surface area contributed by atoms with Crippen LogP contribution < -0.4 is 0 Å². The fourth-order valence-electron chi connectivity index (χ4n) is 5.28. The van der Waals surface area contributed by atoms with E-state index in [1.54, 1.807) is 23.3 Å². The van der Waals surface area contributed by atoms with Crippen LogP contribution in [0.2, 0.25) is 5.02 Å². The Balaban J connectivity index is 1.35. The van der Waals surface area contributed by atoms with Gasteiger partial charge in [-0.15, -0.1) is 11.3 Å². The van der Waals surface area contributed by atoms with E-state index in [2.05, 4.69) is 23.6 Å². The predicted molar refractivity (Wildman–Crippen MR) is 143 cm³/mol. The summed E-state index contributed by atoms with van der Waals surface area (Å²) in [6, 6.07) is 19.9. The van der Waals surface area contributed by atoms with Crippen LogP contribution in [0.4, 0.5) is 0 Å². The Morgan fingerprint density at radius 2 is 1.86 bits per heavy atom. The van der Waals surface area contributed by atoms with Gasteiger partial charge < -0.3 is 14.5 Å². The molecule has 0 N–H and O–H groups in total. The van der Waals surface area contributed by atoms with Gasteiger partial charge >= 0.3 is 0 Å². The summed E-state index contributed by atoms with van der Waals surface area (Å²) in [4.78, 5) is 32.4. The second kappa shape index (κ2) is 11.2. The van der Waals surface area contributed by atoms with Crippen LogP contribution >= 0.6 is 22.9 Å². The molecule has 0 radical (unpaired) electrons. The van der Waals surface area contributed by atoms with E-state index in [0.29, 0.717) is 31.1 Å². The molecule has 36 heavy (non-hydrogen) atoms. The molecule has 188 valence electrons. The number of hydrogen-bond donors (Lipinski definition) is 0. The number of amides is 2. The number of halogens is 1. The zero-order valence-electron chi connectivity index (χ0n) is 20.4. The van der Waals surface area contributed by atoms with Crippen molar-refractivity contribution in [3.63, 3.8) is 0 Å². The lowest BCUT2D eigenvalue weighted by Gasteiger charge is -2.37. The van der Waals surface area contributed by atoms with Crippen molar-refractivity contribution < 1.29 is 14.3 Å². The van der Waals surface area contributed by atoms with Crippen LogP contribution in [0, 0.1) is 5.92 Å². The van der Waals surface area contributed by atoms with E-state index in [1.165, 1.54) is 16.0 Å². The van der Waals surface area contributed by atoms with E-state index < -0.39 is 0 Å². The van der Waals surface area contributed by atoms with Gasteiger partial charge in [0, 0.05) is 42.6 Å². The Morgan fingerprint density at radius 1 is 1.08 bits per heavy atom. The van der Waals surface area contributed by atoms with Crippen molar-refractivity contribution in [2.24, 2.45) is 5.92 Å². The number of methoxy groups -OCH3 is 1. The van der Waals surface area contributed by atoms with Crippen LogP contribution in [0.5, 0.6) is 0 Å². The summed E-state index contributed by atoms with van der Waals surface area (Å²) in [6.07, 6.45) is 2.37. The lowest BCUT2D eigenvalue weighted by molar-refractivity contribution is -0.142. The summed E-state index contributed by atoms with van der Waals surface area (Å²) in [5, 5.41) is 2.77. The lowest BCUT2D eigenvalue weighted by atomic mass is 9.93. The molecule has 1 aliphatic heterocycles. The van der Waals surface area contributed by atoms with Crippen LogP contribution in [0.1, 0.15) is 46.4 Å². The van der Waals surface area contributed by atoms with E-state index in [1.807, 2.05) is 47.4 Å². The zero-order chi connectivity index (χ0) is 25.1. The predicted octanol–water partition coefficient (Wildman–Crippen LogP) is 5.54. The van der Waals surface area contributed by atoms with Gasteiger partial charge in [-0.1, -0.05) is 54.1 Å². The third-order valence-corrected chi connectivity index (χ3v) is 8.47. The number of ether oxygens (including phenoxy) is 1. The number of nitrogens with zero attached hydrogens (tertiary/aromatic N) is 2. The average Bonchev–Trinajstić information content (AvgIpc) is 3.56. The molecule has 5 rings (SSSR count). The van der Waals surface area contributed by atoms with Crippen LogP contribution in [-0.2, 0) is 20.7 Å². The summed E-state index contributed by atoms with van der Waals surface area (Å²) in [5.41, 5.74) is 3.41. The van der Waals surface area contributed by atoms with Crippen LogP contribution in [0.15, 0.2) is 66.0 Å². The topological polar surface area (TPSA) is 49.9 Å². The van der Waals surface area contributed by atoms with Crippen molar-refractivity contribution in [3.8, 4) is 0 Å². The Morgan fingerprint density at radius 3 is 2.61 bits per heavy atom. The maximum Gasteiger partial charge on any atom is 0.242 e. The molecule has 1 aromatic heterocycles. The van der Waals surface area contributed by atoms with E-state index in [-0.39, 0.29) is 36.2 Å². The molecule has 3 unspecified atom stereocenters. The highest BCUT2D eigenvalue weighted by Crippen LogP contribution is 2.48. The van der Waals surface area contributed by atoms with Crippen molar-refractivity contribution in [2.75, 3.05) is 33.4 Å². The minimum atomic E-state index is -0.168. The van der Waals surface area contributed by atoms with Gasteiger partial charge in [-0.3, -0.25) is 9.59 Å². The molecule has 1 saturated carbocycles. The maximum atomic E-state index is 13.8. The summed E-state index contributed by atoms with van der Waals surface area (Å²) in [5.74, 6) is 0.239. The Labute approximate surface area is 221 Å². The zero-order valence-corrected chi connectivity index (χ0v) is 22.0. The largest absolute Gasteiger partial charge is 0.385 e. The number of carbonyl (C=O) groups is 2. The first kappa shape index (κ1) is 25.0. The second-order valence-corrected chi connectivity index (χ2v) is 11.0. The summed E-state index contributed by atoms with van der Waals surface area (Å²) in [7, 11) is 1.66. The van der Waals surface area contributed by atoms with E-state index >= 15 is 0 Å². The fourth-order valence-corrected chi connectivity index (χ4v) is 6.31. The molecule has 0 spiro atoms. The molecule has 7 heteroatoms. The number of benzene rings is 2. The van der Waals surface area contributed by atoms with Crippen LogP contribution in [-0.4, -0.2) is 55.0 Å². The molecule has 2 amide bonds. The Bertz CT molecular complexity index is 1200. The van der Waals surface area contributed by atoms with Crippen molar-refractivity contribution in [2.45, 2.75) is 31.2 Å². The molecule has 3 aromatic rings. The van der Waals surface area contributed by atoms with Gasteiger partial charge in [0.15, 0.2) is 0 Å². The number of carbonyl (C=O) groups excluding carboxylic acids is 2. The van der Waals surface area contributed by atoms with Crippen LogP contribution in [0.3, 0.4) is 0 Å². The third kappa shape index (κ3) is 5.36. The molecular formula is C29H31ClN2O3S. The molecule has 3 atom stereocenters. The smallest absolute Gasteiger partial charge is 0.242 e. The SMILES string of the molecule is COCCCN(CC(=O)N1CCc2sccc2C1c1ccc(Cl)cc1)C(=O)C1CC1c1ccccc1. The lowest BCUT2D eigenvalue weighted by Crippen LogP contribution is -2.47. The van der Waals surface area contributed by atoms with E-state index in [4.69, 9.17) is 16.3 Å². The van der Waals surface area contributed by atoms with Gasteiger partial charge in [-0.25, -0.2) is 0 Å². The number of rotatable bonds is 9. The number of fused-ring (bicyclic) bond motifs is 1. The summed E-state index contributed by atoms with van der Waals surface area (Å²) < 4.78 is 5.23. The third-order valence-electron chi connectivity index (χ3n) is 7.22. The second-order valence-electron chi connectivity index (χ2n) is 9.56. The Hall–Kier alpha value is -2.67.